The lowest BCUT2D eigenvalue weighted by Crippen LogP contribution is -1.96. The molecule has 0 unspecified atom stereocenters. The van der Waals surface area contributed by atoms with Crippen LogP contribution < -0.4 is 0 Å². The second-order valence-corrected chi connectivity index (χ2v) is 25.9. The monoisotopic (exact) mass is 1240 g/mol. The minimum Gasteiger partial charge on any atom is -0.309 e. The fraction of sp³-hybridized carbons (Fsp3) is 0. The van der Waals surface area contributed by atoms with E-state index < -0.39 is 0 Å². The summed E-state index contributed by atoms with van der Waals surface area (Å²) in [7, 11) is 0. The van der Waals surface area contributed by atoms with Crippen molar-refractivity contribution in [1.82, 2.24) is 18.3 Å². The van der Waals surface area contributed by atoms with Crippen LogP contribution in [0.4, 0.5) is 0 Å². The van der Waals surface area contributed by atoms with Gasteiger partial charge in [-0.15, -0.1) is 0 Å². The zero-order valence-electron chi connectivity index (χ0n) is 53.4. The molecule has 21 rings (SSSR count). The van der Waals surface area contributed by atoms with Crippen molar-refractivity contribution in [2.75, 3.05) is 0 Å². The van der Waals surface area contributed by atoms with Crippen LogP contribution in [-0.4, -0.2) is 18.3 Å². The summed E-state index contributed by atoms with van der Waals surface area (Å²) in [6.45, 7) is 0. The quantitative estimate of drug-likeness (QED) is 0.142. The molecule has 0 aliphatic carbocycles. The Kier molecular flexibility index (Phi) is 12.6. The smallest absolute Gasteiger partial charge is 0.0546 e. The molecule has 0 aliphatic rings. The number of rotatable bonds is 7. The summed E-state index contributed by atoms with van der Waals surface area (Å²) in [6.07, 6.45) is 0. The molecule has 0 atom stereocenters. The van der Waals surface area contributed by atoms with Crippen molar-refractivity contribution in [1.29, 1.82) is 0 Å². The van der Waals surface area contributed by atoms with Crippen LogP contribution in [0.3, 0.4) is 0 Å². The number of benzene rings is 17. The van der Waals surface area contributed by atoms with E-state index in [4.69, 9.17) is 0 Å². The molecule has 4 heterocycles. The standard InChI is InChI=1S/C50H32N2.C44H28N2/c1-2-12-33(13-3-1)34-22-26-38(27-23-34)51-46-20-10-8-18-42(46)44-30-35(24-28-48(44)51)36-25-29-49-45(31-36)43-19-9-11-21-47(43)52(49)50-32-37-14-4-5-15-39(37)40-16-6-7-17-41(40)50;1-2-13-32(14-3-1)45-40-20-10-8-18-36(40)38-26-29(22-24-42(38)45)30-23-25-43-39(27-30)37-19-9-11-21-41(37)46(43)44-28-31-12-4-5-15-33(31)34-16-6-7-17-35(34)44/h1-32H;1-28H. The van der Waals surface area contributed by atoms with Gasteiger partial charge in [-0.2, -0.15) is 0 Å². The molecule has 98 heavy (non-hydrogen) atoms. The van der Waals surface area contributed by atoms with Crippen molar-refractivity contribution in [2.24, 2.45) is 0 Å². The van der Waals surface area contributed by atoms with Gasteiger partial charge in [0.05, 0.1) is 55.5 Å². The van der Waals surface area contributed by atoms with Crippen molar-refractivity contribution < 1.29 is 0 Å². The van der Waals surface area contributed by atoms with E-state index in [1.54, 1.807) is 0 Å². The highest BCUT2D eigenvalue weighted by Gasteiger charge is 2.21. The molecule has 0 radical (unpaired) electrons. The molecule has 21 aromatic rings. The van der Waals surface area contributed by atoms with Crippen LogP contribution >= 0.6 is 0 Å². The van der Waals surface area contributed by atoms with E-state index in [-0.39, 0.29) is 0 Å². The number of hydrogen-bond acceptors (Lipinski definition) is 0. The molecular weight excluding hydrogens is 1190 g/mol. The SMILES string of the molecule is c1ccc(-c2ccc(-n3c4ccccc4c4cc(-c5ccc6c(c5)c5ccccc5n6-c5cc6ccccc6c6ccccc56)ccc43)cc2)cc1.c1ccc(-n2c3ccccc3c3cc(-c4ccc5c(c4)c4ccccc4n5-c4cc5ccccc5c5ccccc45)ccc32)cc1. The first-order valence-corrected chi connectivity index (χ1v) is 33.8. The van der Waals surface area contributed by atoms with Gasteiger partial charge in [0.1, 0.15) is 0 Å². The molecule has 0 fully saturated rings. The van der Waals surface area contributed by atoms with Gasteiger partial charge in [-0.3, -0.25) is 0 Å². The maximum atomic E-state index is 2.46. The number of nitrogens with zero attached hydrogens (tertiary/aromatic N) is 4. The maximum Gasteiger partial charge on any atom is 0.0546 e. The molecule has 4 aromatic heterocycles. The molecule has 0 spiro atoms. The van der Waals surface area contributed by atoms with Gasteiger partial charge in [0.25, 0.3) is 0 Å². The first kappa shape index (κ1) is 55.4. The Morgan fingerprint density at radius 2 is 0.388 bits per heavy atom. The Balaban J connectivity index is 0.000000134. The van der Waals surface area contributed by atoms with Crippen molar-refractivity contribution in [2.45, 2.75) is 0 Å². The van der Waals surface area contributed by atoms with E-state index in [2.05, 4.69) is 382 Å². The Bertz CT molecular complexity index is 6780. The molecular formula is C94H60N4. The third-order valence-corrected chi connectivity index (χ3v) is 20.6. The Labute approximate surface area is 565 Å². The normalized spacial score (nSPS) is 11.9. The topological polar surface area (TPSA) is 19.7 Å². The van der Waals surface area contributed by atoms with Gasteiger partial charge in [0.2, 0.25) is 0 Å². The second kappa shape index (κ2) is 22.3. The fourth-order valence-corrected chi connectivity index (χ4v) is 16.1. The number of para-hydroxylation sites is 5. The summed E-state index contributed by atoms with van der Waals surface area (Å²) in [5.41, 5.74) is 21.8. The van der Waals surface area contributed by atoms with Gasteiger partial charge in [0, 0.05) is 65.2 Å². The molecule has 0 aliphatic heterocycles. The maximum absolute atomic E-state index is 2.46. The van der Waals surface area contributed by atoms with Crippen LogP contribution in [0.1, 0.15) is 0 Å². The van der Waals surface area contributed by atoms with E-state index in [1.807, 2.05) is 0 Å². The highest BCUT2D eigenvalue weighted by atomic mass is 15.0. The molecule has 17 aromatic carbocycles. The average molecular weight is 1250 g/mol. The van der Waals surface area contributed by atoms with Crippen LogP contribution in [0.2, 0.25) is 0 Å². The lowest BCUT2D eigenvalue weighted by atomic mass is 9.99. The average Bonchev–Trinajstić information content (AvgIpc) is 1.57. The molecule has 456 valence electrons. The summed E-state index contributed by atoms with van der Waals surface area (Å²) in [5, 5.41) is 20.2. The van der Waals surface area contributed by atoms with Crippen LogP contribution in [0.15, 0.2) is 364 Å². The molecule has 0 amide bonds. The zero-order chi connectivity index (χ0) is 64.4. The van der Waals surface area contributed by atoms with Crippen LogP contribution in [0.25, 0.3) is 186 Å². The Morgan fingerprint density at radius 3 is 0.776 bits per heavy atom. The van der Waals surface area contributed by atoms with Crippen LogP contribution in [0, 0.1) is 0 Å². The van der Waals surface area contributed by atoms with E-state index in [9.17, 15) is 0 Å². The third kappa shape index (κ3) is 8.71. The third-order valence-electron chi connectivity index (χ3n) is 20.6. The van der Waals surface area contributed by atoms with E-state index in [0.717, 1.165) is 5.69 Å². The van der Waals surface area contributed by atoms with E-state index in [0.29, 0.717) is 0 Å². The first-order valence-electron chi connectivity index (χ1n) is 33.8. The number of aromatic nitrogens is 4. The Morgan fingerprint density at radius 1 is 0.133 bits per heavy atom. The van der Waals surface area contributed by atoms with Gasteiger partial charge < -0.3 is 18.3 Å². The first-order chi connectivity index (χ1) is 48.6. The molecule has 0 bridgehead atoms. The second-order valence-electron chi connectivity index (χ2n) is 25.9. The largest absolute Gasteiger partial charge is 0.309 e. The molecule has 4 nitrogen and oxygen atoms in total. The Hall–Kier alpha value is -13.0. The fourth-order valence-electron chi connectivity index (χ4n) is 16.1. The van der Waals surface area contributed by atoms with Crippen LogP contribution in [-0.2, 0) is 0 Å². The van der Waals surface area contributed by atoms with Crippen molar-refractivity contribution in [3.05, 3.63) is 364 Å². The lowest BCUT2D eigenvalue weighted by Gasteiger charge is -2.14. The molecule has 0 N–H and O–H groups in total. The zero-order valence-corrected chi connectivity index (χ0v) is 53.4. The van der Waals surface area contributed by atoms with Crippen molar-refractivity contribution >= 4 is 130 Å². The molecule has 4 heteroatoms. The number of fused-ring (bicyclic) bond motifs is 18. The summed E-state index contributed by atoms with van der Waals surface area (Å²) in [5.74, 6) is 0. The highest BCUT2D eigenvalue weighted by Crippen LogP contribution is 2.44. The minimum absolute atomic E-state index is 1.16. The van der Waals surface area contributed by atoms with E-state index >= 15 is 0 Å². The summed E-state index contributed by atoms with van der Waals surface area (Å²) >= 11 is 0. The summed E-state index contributed by atoms with van der Waals surface area (Å²) in [4.78, 5) is 0. The van der Waals surface area contributed by atoms with Crippen molar-refractivity contribution in [3.63, 3.8) is 0 Å². The number of hydrogen-bond donors (Lipinski definition) is 0. The van der Waals surface area contributed by atoms with E-state index in [1.165, 1.54) is 181 Å². The van der Waals surface area contributed by atoms with Crippen molar-refractivity contribution in [3.8, 4) is 56.1 Å². The minimum atomic E-state index is 1.16. The van der Waals surface area contributed by atoms with Gasteiger partial charge in [-0.25, -0.2) is 0 Å². The van der Waals surface area contributed by atoms with Gasteiger partial charge in [-0.1, -0.05) is 255 Å². The summed E-state index contributed by atoms with van der Waals surface area (Å²) in [6, 6.07) is 133. The predicted octanol–water partition coefficient (Wildman–Crippen LogP) is 25.4. The molecule has 0 saturated carbocycles. The summed E-state index contributed by atoms with van der Waals surface area (Å²) < 4.78 is 9.69. The van der Waals surface area contributed by atoms with Crippen LogP contribution in [0.5, 0.6) is 0 Å². The van der Waals surface area contributed by atoms with Gasteiger partial charge in [-0.05, 0) is 175 Å². The highest BCUT2D eigenvalue weighted by molar-refractivity contribution is 6.19. The van der Waals surface area contributed by atoms with Gasteiger partial charge in [0.15, 0.2) is 0 Å². The van der Waals surface area contributed by atoms with Gasteiger partial charge >= 0.3 is 0 Å². The lowest BCUT2D eigenvalue weighted by molar-refractivity contribution is 1.18. The molecule has 0 saturated heterocycles. The predicted molar refractivity (Wildman–Crippen MR) is 417 cm³/mol.